The molecule has 1 saturated carbocycles. The Hall–Kier alpha value is -0.640. The Labute approximate surface area is 139 Å². The van der Waals surface area contributed by atoms with Crippen LogP contribution in [0.15, 0.2) is 40.2 Å². The highest BCUT2D eigenvalue weighted by Crippen LogP contribution is 2.37. The van der Waals surface area contributed by atoms with Gasteiger partial charge in [0.1, 0.15) is 0 Å². The maximum Gasteiger partial charge on any atom is 0.0702 e. The van der Waals surface area contributed by atoms with Crippen molar-refractivity contribution in [3.63, 3.8) is 0 Å². The third-order valence-electron chi connectivity index (χ3n) is 4.32. The second-order valence-electron chi connectivity index (χ2n) is 5.82. The zero-order valence-corrected chi connectivity index (χ0v) is 14.8. The van der Waals surface area contributed by atoms with Crippen LogP contribution in [0.3, 0.4) is 0 Å². The maximum absolute atomic E-state index is 3.68. The molecule has 112 valence electrons. The van der Waals surface area contributed by atoms with Crippen LogP contribution in [-0.2, 0) is 0 Å². The molecule has 1 heterocycles. The Morgan fingerprint density at radius 2 is 1.95 bits per heavy atom. The molecule has 0 spiro atoms. The lowest BCUT2D eigenvalue weighted by molar-refractivity contribution is 0.419. The molecule has 1 aliphatic rings. The predicted molar refractivity (Wildman–Crippen MR) is 95.2 cm³/mol. The summed E-state index contributed by atoms with van der Waals surface area (Å²) in [4.78, 5) is 1.38. The van der Waals surface area contributed by atoms with Crippen LogP contribution in [0.4, 0.5) is 0 Å². The van der Waals surface area contributed by atoms with Crippen molar-refractivity contribution < 1.29 is 0 Å². The largest absolute Gasteiger partial charge is 0.306 e. The summed E-state index contributed by atoms with van der Waals surface area (Å²) in [5, 5.41) is 3.68. The molecule has 3 rings (SSSR count). The van der Waals surface area contributed by atoms with E-state index in [1.807, 2.05) is 11.3 Å². The van der Waals surface area contributed by atoms with Crippen LogP contribution < -0.4 is 5.32 Å². The lowest BCUT2D eigenvalue weighted by Crippen LogP contribution is -2.22. The van der Waals surface area contributed by atoms with Crippen molar-refractivity contribution in [1.82, 2.24) is 5.32 Å². The predicted octanol–water partition coefficient (Wildman–Crippen LogP) is 5.87. The number of thiophene rings is 1. The summed E-state index contributed by atoms with van der Waals surface area (Å²) in [7, 11) is 0. The summed E-state index contributed by atoms with van der Waals surface area (Å²) < 4.78 is 1.20. The van der Waals surface area contributed by atoms with E-state index in [4.69, 9.17) is 0 Å². The van der Waals surface area contributed by atoms with Crippen molar-refractivity contribution in [2.24, 2.45) is 0 Å². The van der Waals surface area contributed by atoms with Crippen LogP contribution >= 0.6 is 27.3 Å². The van der Waals surface area contributed by atoms with Crippen molar-refractivity contribution >= 4 is 27.3 Å². The third kappa shape index (κ3) is 3.58. The molecule has 0 saturated heterocycles. The zero-order chi connectivity index (χ0) is 14.7. The molecule has 1 fully saturated rings. The topological polar surface area (TPSA) is 12.0 Å². The van der Waals surface area contributed by atoms with Gasteiger partial charge >= 0.3 is 0 Å². The summed E-state index contributed by atoms with van der Waals surface area (Å²) in [6, 6.07) is 14.0. The van der Waals surface area contributed by atoms with E-state index >= 15 is 0 Å². The van der Waals surface area contributed by atoms with Gasteiger partial charge in [-0.05, 0) is 70.9 Å². The highest BCUT2D eigenvalue weighted by Gasteiger charge is 2.20. The Bertz CT molecular complexity index is 571. The van der Waals surface area contributed by atoms with Gasteiger partial charge in [0.2, 0.25) is 0 Å². The molecule has 0 aliphatic heterocycles. The highest BCUT2D eigenvalue weighted by molar-refractivity contribution is 9.11. The fourth-order valence-corrected chi connectivity index (χ4v) is 4.38. The minimum absolute atomic E-state index is 0.316. The van der Waals surface area contributed by atoms with E-state index in [0.717, 1.165) is 18.9 Å². The molecule has 21 heavy (non-hydrogen) atoms. The number of rotatable bonds is 6. The fraction of sp³-hybridized carbons (Fsp3) is 0.444. The van der Waals surface area contributed by atoms with Crippen LogP contribution in [-0.4, -0.2) is 6.54 Å². The lowest BCUT2D eigenvalue weighted by Gasteiger charge is -2.26. The van der Waals surface area contributed by atoms with Crippen molar-refractivity contribution in [2.45, 2.75) is 44.6 Å². The van der Waals surface area contributed by atoms with Gasteiger partial charge in [-0.25, -0.2) is 0 Å². The van der Waals surface area contributed by atoms with E-state index in [1.165, 1.54) is 39.1 Å². The Morgan fingerprint density at radius 3 is 2.48 bits per heavy atom. The van der Waals surface area contributed by atoms with Crippen molar-refractivity contribution in [2.75, 3.05) is 6.54 Å². The first-order valence-electron chi connectivity index (χ1n) is 7.86. The molecule has 1 unspecified atom stereocenters. The van der Waals surface area contributed by atoms with E-state index < -0.39 is 0 Å². The van der Waals surface area contributed by atoms with Gasteiger partial charge in [-0.2, -0.15) is 0 Å². The molecule has 3 heteroatoms. The summed E-state index contributed by atoms with van der Waals surface area (Å²) in [5.74, 6) is 0.817. The molecule has 1 N–H and O–H groups in total. The average molecular weight is 364 g/mol. The molecule has 0 bridgehead atoms. The van der Waals surface area contributed by atoms with Crippen LogP contribution in [0, 0.1) is 0 Å². The number of benzene rings is 1. The van der Waals surface area contributed by atoms with E-state index in [9.17, 15) is 0 Å². The number of halogens is 1. The minimum Gasteiger partial charge on any atom is -0.306 e. The minimum atomic E-state index is 0.316. The van der Waals surface area contributed by atoms with E-state index in [0.29, 0.717) is 6.04 Å². The van der Waals surface area contributed by atoms with E-state index in [2.05, 4.69) is 64.6 Å². The second kappa shape index (κ2) is 7.08. The van der Waals surface area contributed by atoms with Gasteiger partial charge in [-0.3, -0.25) is 0 Å². The van der Waals surface area contributed by atoms with Gasteiger partial charge in [0.25, 0.3) is 0 Å². The van der Waals surface area contributed by atoms with Crippen LogP contribution in [0.5, 0.6) is 0 Å². The molecule has 1 atom stereocenters. The SMILES string of the molecule is CCCNC(c1ccc(C2CCC2)cc1)c1ccc(Br)s1. The van der Waals surface area contributed by atoms with Gasteiger partial charge in [0.05, 0.1) is 9.83 Å². The normalized spacial score (nSPS) is 16.7. The standard InChI is InChI=1S/C18H22BrNS/c1-2-12-20-18(16-10-11-17(19)21-16)15-8-6-14(7-9-15)13-4-3-5-13/h6-11,13,18,20H,2-5,12H2,1H3. The van der Waals surface area contributed by atoms with Crippen LogP contribution in [0.25, 0.3) is 0 Å². The smallest absolute Gasteiger partial charge is 0.0702 e. The number of hydrogen-bond acceptors (Lipinski definition) is 2. The first kappa shape index (κ1) is 15.3. The van der Waals surface area contributed by atoms with Crippen LogP contribution in [0.2, 0.25) is 0 Å². The Morgan fingerprint density at radius 1 is 1.19 bits per heavy atom. The molecule has 0 amide bonds. The van der Waals surface area contributed by atoms with Crippen LogP contribution in [0.1, 0.15) is 60.6 Å². The quantitative estimate of drug-likeness (QED) is 0.676. The molecular weight excluding hydrogens is 342 g/mol. The van der Waals surface area contributed by atoms with Crippen molar-refractivity contribution in [3.05, 3.63) is 56.2 Å². The van der Waals surface area contributed by atoms with Crippen molar-refractivity contribution in [1.29, 1.82) is 0 Å². The Kier molecular flexibility index (Phi) is 5.15. The molecule has 1 nitrogen and oxygen atoms in total. The third-order valence-corrected chi connectivity index (χ3v) is 6.01. The Balaban J connectivity index is 1.81. The summed E-state index contributed by atoms with van der Waals surface area (Å²) in [6.07, 6.45) is 5.29. The molecular formula is C18H22BrNS. The zero-order valence-electron chi connectivity index (χ0n) is 12.4. The fourth-order valence-electron chi connectivity index (χ4n) is 2.86. The first-order valence-corrected chi connectivity index (χ1v) is 9.47. The van der Waals surface area contributed by atoms with Gasteiger partial charge in [0, 0.05) is 4.88 Å². The average Bonchev–Trinajstić information content (AvgIpc) is 2.85. The van der Waals surface area contributed by atoms with E-state index in [1.54, 1.807) is 0 Å². The van der Waals surface area contributed by atoms with Gasteiger partial charge in [-0.15, -0.1) is 11.3 Å². The second-order valence-corrected chi connectivity index (χ2v) is 8.32. The molecule has 1 aliphatic carbocycles. The first-order chi connectivity index (χ1) is 10.3. The van der Waals surface area contributed by atoms with Crippen molar-refractivity contribution in [3.8, 4) is 0 Å². The maximum atomic E-state index is 3.68. The lowest BCUT2D eigenvalue weighted by atomic mass is 9.80. The monoisotopic (exact) mass is 363 g/mol. The number of hydrogen-bond donors (Lipinski definition) is 1. The summed E-state index contributed by atoms with van der Waals surface area (Å²) >= 11 is 5.40. The van der Waals surface area contributed by atoms with E-state index in [-0.39, 0.29) is 0 Å². The van der Waals surface area contributed by atoms with Gasteiger partial charge in [0.15, 0.2) is 0 Å². The molecule has 1 aromatic carbocycles. The summed E-state index contributed by atoms with van der Waals surface area (Å²) in [5.41, 5.74) is 2.90. The molecule has 1 aromatic heterocycles. The van der Waals surface area contributed by atoms with Gasteiger partial charge in [-0.1, -0.05) is 37.6 Å². The highest BCUT2D eigenvalue weighted by atomic mass is 79.9. The number of nitrogens with one attached hydrogen (secondary N) is 1. The molecule has 0 radical (unpaired) electrons. The summed E-state index contributed by atoms with van der Waals surface area (Å²) in [6.45, 7) is 3.26. The van der Waals surface area contributed by atoms with Gasteiger partial charge < -0.3 is 5.32 Å². The molecule has 2 aromatic rings.